The number of aliphatic hydroxyl groups is 1. The number of ether oxygens (including phenoxy) is 3. The Hall–Kier alpha value is -4.02. The lowest BCUT2D eigenvalue weighted by Crippen LogP contribution is -2.41. The number of fused-ring (bicyclic) bond motifs is 2. The molecule has 3 aromatic heterocycles. The lowest BCUT2D eigenvalue weighted by atomic mass is 9.98. The molecule has 4 N–H and O–H groups in total. The van der Waals surface area contributed by atoms with Crippen molar-refractivity contribution in [2.24, 2.45) is 0 Å². The second-order valence-corrected chi connectivity index (χ2v) is 12.1. The van der Waals surface area contributed by atoms with Crippen molar-refractivity contribution in [2.75, 3.05) is 19.5 Å². The average molecular weight is 635 g/mol. The number of nitrogens with one attached hydrogen (secondary N) is 1. The number of benzene rings is 1. The minimum Gasteiger partial charge on any atom is -0.479 e. The molecular weight excluding hydrogens is 602 g/mol. The first kappa shape index (κ1) is 31.4. The molecule has 0 bridgehead atoms. The Kier molecular flexibility index (Phi) is 8.68. The third kappa shape index (κ3) is 6.14. The Morgan fingerprint density at radius 1 is 1.23 bits per heavy atom. The Morgan fingerprint density at radius 2 is 1.98 bits per heavy atom. The largest absolute Gasteiger partial charge is 0.479 e. The molecule has 0 radical (unpaired) electrons. The first-order valence-electron chi connectivity index (χ1n) is 13.5. The molecule has 1 unspecified atom stereocenters. The number of para-hydroxylation sites is 1. The van der Waals surface area contributed by atoms with Crippen molar-refractivity contribution in [1.82, 2.24) is 34.6 Å². The molecule has 1 saturated heterocycles. The van der Waals surface area contributed by atoms with Gasteiger partial charge in [-0.05, 0) is 39.8 Å². The van der Waals surface area contributed by atoms with Crippen LogP contribution >= 0.6 is 7.75 Å². The van der Waals surface area contributed by atoms with Gasteiger partial charge in [-0.1, -0.05) is 6.07 Å². The molecule has 1 aliphatic rings. The summed E-state index contributed by atoms with van der Waals surface area (Å²) in [4.78, 5) is 33.3. The smallest absolute Gasteiger partial charge is 0.459 e. The Morgan fingerprint density at radius 3 is 2.70 bits per heavy atom. The second kappa shape index (κ2) is 12.2. The lowest BCUT2D eigenvalue weighted by molar-refractivity contribution is -0.149. The minimum atomic E-state index is -4.46. The number of aromatic nitrogens is 6. The summed E-state index contributed by atoms with van der Waals surface area (Å²) < 4.78 is 59.3. The molecular formula is C26H32FN8O8P. The third-order valence-corrected chi connectivity index (χ3v) is 8.35. The highest BCUT2D eigenvalue weighted by molar-refractivity contribution is 7.52. The number of halogens is 1. The SMILES string of the molecule is COc1nc(N)nc2c1ncn2[C@@H]1O[C@H](COP(=O)(N[C@@H](C)C(=O)OC(C)C)Oc2cccc3nccnc23)[C@@H](O)[C@@]1(C)F. The fourth-order valence-electron chi connectivity index (χ4n) is 4.63. The molecule has 18 heteroatoms. The molecule has 44 heavy (non-hydrogen) atoms. The monoisotopic (exact) mass is 634 g/mol. The number of hydrogen-bond acceptors (Lipinski definition) is 14. The molecule has 4 heterocycles. The second-order valence-electron chi connectivity index (χ2n) is 10.4. The number of aliphatic hydroxyl groups excluding tert-OH is 1. The van der Waals surface area contributed by atoms with E-state index in [4.69, 9.17) is 29.0 Å². The number of nitrogens with two attached hydrogens (primary N) is 1. The van der Waals surface area contributed by atoms with Crippen LogP contribution in [0.4, 0.5) is 10.3 Å². The number of alkyl halides is 1. The first-order chi connectivity index (χ1) is 20.8. The van der Waals surface area contributed by atoms with E-state index in [2.05, 4.69) is 30.0 Å². The lowest BCUT2D eigenvalue weighted by Gasteiger charge is -2.25. The van der Waals surface area contributed by atoms with E-state index in [1.165, 1.54) is 43.4 Å². The number of carbonyl (C=O) groups is 1. The maximum atomic E-state index is 16.1. The van der Waals surface area contributed by atoms with E-state index in [1.807, 2.05) is 0 Å². The molecule has 0 saturated carbocycles. The number of nitrogen functional groups attached to an aromatic ring is 1. The summed E-state index contributed by atoms with van der Waals surface area (Å²) in [5.74, 6) is -0.768. The van der Waals surface area contributed by atoms with Gasteiger partial charge >= 0.3 is 13.7 Å². The maximum Gasteiger partial charge on any atom is 0.459 e. The summed E-state index contributed by atoms with van der Waals surface area (Å²) in [6.45, 7) is 5.23. The molecule has 4 aromatic rings. The third-order valence-electron chi connectivity index (χ3n) is 6.72. The molecule has 1 fully saturated rings. The predicted molar refractivity (Wildman–Crippen MR) is 153 cm³/mol. The van der Waals surface area contributed by atoms with E-state index < -0.39 is 56.6 Å². The van der Waals surface area contributed by atoms with Crippen molar-refractivity contribution in [2.45, 2.75) is 63.9 Å². The standard InChI is InChI=1S/C26H32FN8O8P/c1-13(2)41-23(37)14(3)34-44(38,43-16-8-6-7-15-18(16)30-10-9-29-15)40-11-17-20(36)26(4,27)24(42-17)35-12-31-19-21(35)32-25(28)33-22(19)39-5/h6-10,12-14,17,20,24,36H,11H2,1-5H3,(H,34,38)(H2,28,32,33)/t14-,17+,20+,24+,26+,44?/m0/s1. The highest BCUT2D eigenvalue weighted by Crippen LogP contribution is 2.49. The Balaban J connectivity index is 1.42. The van der Waals surface area contributed by atoms with Gasteiger partial charge < -0.3 is 29.6 Å². The van der Waals surface area contributed by atoms with Gasteiger partial charge in [0.1, 0.15) is 23.8 Å². The highest BCUT2D eigenvalue weighted by Gasteiger charge is 2.56. The van der Waals surface area contributed by atoms with Gasteiger partial charge in [-0.25, -0.2) is 18.9 Å². The van der Waals surface area contributed by atoms with Gasteiger partial charge in [0.2, 0.25) is 11.8 Å². The van der Waals surface area contributed by atoms with Crippen molar-refractivity contribution in [3.05, 3.63) is 36.9 Å². The number of carbonyl (C=O) groups excluding carboxylic acids is 1. The Bertz CT molecular complexity index is 1720. The number of nitrogens with zero attached hydrogens (tertiary/aromatic N) is 6. The molecule has 0 amide bonds. The van der Waals surface area contributed by atoms with Crippen LogP contribution in [0.25, 0.3) is 22.2 Å². The molecule has 236 valence electrons. The van der Waals surface area contributed by atoms with Crippen LogP contribution in [0.1, 0.15) is 33.9 Å². The zero-order valence-corrected chi connectivity index (χ0v) is 25.3. The van der Waals surface area contributed by atoms with E-state index in [0.29, 0.717) is 5.52 Å². The van der Waals surface area contributed by atoms with E-state index in [9.17, 15) is 14.5 Å². The van der Waals surface area contributed by atoms with Crippen LogP contribution in [0, 0.1) is 0 Å². The van der Waals surface area contributed by atoms with Crippen molar-refractivity contribution < 1.29 is 42.1 Å². The van der Waals surface area contributed by atoms with Crippen LogP contribution in [0.5, 0.6) is 11.6 Å². The van der Waals surface area contributed by atoms with Gasteiger partial charge in [-0.2, -0.15) is 15.1 Å². The quantitative estimate of drug-likeness (QED) is 0.160. The zero-order chi connectivity index (χ0) is 31.8. The fraction of sp³-hybridized carbons (Fsp3) is 0.462. The fourth-order valence-corrected chi connectivity index (χ4v) is 6.14. The number of anilines is 1. The van der Waals surface area contributed by atoms with Gasteiger partial charge in [-0.15, -0.1) is 0 Å². The summed E-state index contributed by atoms with van der Waals surface area (Å²) in [7, 11) is -3.09. The van der Waals surface area contributed by atoms with Crippen molar-refractivity contribution in [1.29, 1.82) is 0 Å². The Labute approximate surface area is 250 Å². The zero-order valence-electron chi connectivity index (χ0n) is 24.4. The van der Waals surface area contributed by atoms with Gasteiger partial charge in [0.05, 0.1) is 31.7 Å². The number of hydrogen-bond donors (Lipinski definition) is 3. The van der Waals surface area contributed by atoms with Crippen LogP contribution in [0.2, 0.25) is 0 Å². The number of methoxy groups -OCH3 is 1. The number of rotatable bonds is 11. The molecule has 0 aliphatic carbocycles. The molecule has 1 aromatic carbocycles. The number of esters is 1. The average Bonchev–Trinajstić information content (AvgIpc) is 3.48. The van der Waals surface area contributed by atoms with Gasteiger partial charge in [0, 0.05) is 12.4 Å². The van der Waals surface area contributed by atoms with Crippen molar-refractivity contribution in [3.63, 3.8) is 0 Å². The summed E-state index contributed by atoms with van der Waals surface area (Å²) in [6, 6.07) is 3.62. The van der Waals surface area contributed by atoms with Gasteiger partial charge in [0.25, 0.3) is 0 Å². The van der Waals surface area contributed by atoms with E-state index >= 15 is 4.39 Å². The highest BCUT2D eigenvalue weighted by atomic mass is 31.2. The van der Waals surface area contributed by atoms with Gasteiger partial charge in [-0.3, -0.25) is 18.9 Å². The molecule has 0 spiro atoms. The molecule has 1 aliphatic heterocycles. The summed E-state index contributed by atoms with van der Waals surface area (Å²) in [5, 5.41) is 13.5. The van der Waals surface area contributed by atoms with E-state index in [0.717, 1.165) is 6.92 Å². The van der Waals surface area contributed by atoms with Crippen LogP contribution in [-0.4, -0.2) is 84.3 Å². The summed E-state index contributed by atoms with van der Waals surface area (Å²) >= 11 is 0. The molecule has 6 atom stereocenters. The summed E-state index contributed by atoms with van der Waals surface area (Å²) in [5.41, 5.74) is 4.39. The van der Waals surface area contributed by atoms with Crippen LogP contribution < -0.4 is 20.1 Å². The van der Waals surface area contributed by atoms with Crippen molar-refractivity contribution in [3.8, 4) is 11.6 Å². The molecule has 16 nitrogen and oxygen atoms in total. The van der Waals surface area contributed by atoms with E-state index in [1.54, 1.807) is 26.0 Å². The van der Waals surface area contributed by atoms with Crippen LogP contribution in [0.3, 0.4) is 0 Å². The number of imidazole rings is 1. The normalized spacial score (nSPS) is 24.0. The minimum absolute atomic E-state index is 0.0352. The predicted octanol–water partition coefficient (Wildman–Crippen LogP) is 2.48. The molecule has 5 rings (SSSR count). The van der Waals surface area contributed by atoms with E-state index in [-0.39, 0.29) is 34.3 Å². The van der Waals surface area contributed by atoms with Crippen molar-refractivity contribution >= 4 is 41.9 Å². The van der Waals surface area contributed by atoms with Crippen LogP contribution in [-0.2, 0) is 23.4 Å². The van der Waals surface area contributed by atoms with Crippen LogP contribution in [0.15, 0.2) is 36.9 Å². The topological polar surface area (TPSA) is 208 Å². The van der Waals surface area contributed by atoms with Gasteiger partial charge in [0.15, 0.2) is 28.8 Å². The maximum absolute atomic E-state index is 16.1. The summed E-state index contributed by atoms with van der Waals surface area (Å²) in [6.07, 6.45) is -0.884. The first-order valence-corrected chi connectivity index (χ1v) is 15.1.